The predicted molar refractivity (Wildman–Crippen MR) is 82.6 cm³/mol. The molecule has 0 unspecified atom stereocenters. The molecule has 23 heavy (non-hydrogen) atoms. The highest BCUT2D eigenvalue weighted by molar-refractivity contribution is 7.88. The minimum absolute atomic E-state index is 0.0438. The molecule has 0 fully saturated rings. The lowest BCUT2D eigenvalue weighted by atomic mass is 10.1. The van der Waals surface area contributed by atoms with Crippen molar-refractivity contribution in [1.29, 1.82) is 0 Å². The molecule has 3 rings (SSSR count). The molecule has 0 saturated heterocycles. The van der Waals surface area contributed by atoms with E-state index in [1.165, 1.54) is 33.4 Å². The molecule has 8 heteroatoms. The fourth-order valence-corrected chi connectivity index (χ4v) is 4.13. The molecule has 0 aliphatic carbocycles. The summed E-state index contributed by atoms with van der Waals surface area (Å²) in [5.74, 6) is -0.944. The van der Waals surface area contributed by atoms with Crippen LogP contribution in [0.4, 0.5) is 4.39 Å². The average molecular weight is 337 g/mol. The molecule has 1 aromatic carbocycles. The van der Waals surface area contributed by atoms with Crippen LogP contribution in [-0.2, 0) is 35.8 Å². The van der Waals surface area contributed by atoms with Gasteiger partial charge in [-0.1, -0.05) is 18.2 Å². The minimum Gasteiger partial charge on any atom is -0.302 e. The highest BCUT2D eigenvalue weighted by atomic mass is 32.2. The van der Waals surface area contributed by atoms with Crippen LogP contribution in [0.25, 0.3) is 0 Å². The SMILES string of the molecule is Cn1cnc2c(c1=O)CCN(S(=O)(=O)Cc1ccccc1F)C2. The monoisotopic (exact) mass is 337 g/mol. The van der Waals surface area contributed by atoms with E-state index in [0.717, 1.165) is 0 Å². The third-order valence-electron chi connectivity index (χ3n) is 3.94. The molecule has 1 aliphatic heterocycles. The Morgan fingerprint density at radius 2 is 2.04 bits per heavy atom. The van der Waals surface area contributed by atoms with Crippen LogP contribution >= 0.6 is 0 Å². The van der Waals surface area contributed by atoms with Crippen LogP contribution in [-0.4, -0.2) is 28.8 Å². The molecule has 6 nitrogen and oxygen atoms in total. The van der Waals surface area contributed by atoms with Gasteiger partial charge in [-0.05, 0) is 12.5 Å². The summed E-state index contributed by atoms with van der Waals surface area (Å²) in [6.45, 7) is 0.243. The normalized spacial score (nSPS) is 15.4. The Balaban J connectivity index is 1.87. The first-order valence-corrected chi connectivity index (χ1v) is 8.74. The van der Waals surface area contributed by atoms with Gasteiger partial charge in [0.25, 0.3) is 5.56 Å². The lowest BCUT2D eigenvalue weighted by Gasteiger charge is -2.27. The molecule has 1 aliphatic rings. The number of fused-ring (bicyclic) bond motifs is 1. The number of benzene rings is 1. The summed E-state index contributed by atoms with van der Waals surface area (Å²) in [5.41, 5.74) is 1.00. The number of halogens is 1. The van der Waals surface area contributed by atoms with Gasteiger partial charge in [-0.2, -0.15) is 4.31 Å². The van der Waals surface area contributed by atoms with E-state index in [1.54, 1.807) is 13.1 Å². The second kappa shape index (κ2) is 5.86. The second-order valence-electron chi connectivity index (χ2n) is 5.52. The van der Waals surface area contributed by atoms with Crippen molar-refractivity contribution >= 4 is 10.0 Å². The minimum atomic E-state index is -3.68. The van der Waals surface area contributed by atoms with E-state index >= 15 is 0 Å². The van der Waals surface area contributed by atoms with E-state index in [2.05, 4.69) is 4.98 Å². The van der Waals surface area contributed by atoms with Crippen molar-refractivity contribution in [2.45, 2.75) is 18.7 Å². The zero-order chi connectivity index (χ0) is 16.6. The largest absolute Gasteiger partial charge is 0.302 e. The molecule has 122 valence electrons. The van der Waals surface area contributed by atoms with E-state index in [-0.39, 0.29) is 24.2 Å². The number of rotatable bonds is 3. The Hall–Kier alpha value is -2.06. The van der Waals surface area contributed by atoms with Gasteiger partial charge in [-0.3, -0.25) is 4.79 Å². The summed E-state index contributed by atoms with van der Waals surface area (Å²) in [5, 5.41) is 0. The van der Waals surface area contributed by atoms with Crippen LogP contribution in [0.2, 0.25) is 0 Å². The Bertz CT molecular complexity index is 908. The third-order valence-corrected chi connectivity index (χ3v) is 5.71. The van der Waals surface area contributed by atoms with Gasteiger partial charge in [0.15, 0.2) is 0 Å². The van der Waals surface area contributed by atoms with Gasteiger partial charge in [0.2, 0.25) is 10.0 Å². The first-order valence-electron chi connectivity index (χ1n) is 7.13. The maximum atomic E-state index is 13.7. The highest BCUT2D eigenvalue weighted by Gasteiger charge is 2.29. The van der Waals surface area contributed by atoms with Crippen LogP contribution in [0.1, 0.15) is 16.8 Å². The molecule has 0 bridgehead atoms. The second-order valence-corrected chi connectivity index (χ2v) is 7.49. The van der Waals surface area contributed by atoms with Crippen molar-refractivity contribution in [2.75, 3.05) is 6.54 Å². The van der Waals surface area contributed by atoms with Gasteiger partial charge in [0.1, 0.15) is 5.82 Å². The fourth-order valence-electron chi connectivity index (χ4n) is 2.63. The van der Waals surface area contributed by atoms with Crippen molar-refractivity contribution in [3.8, 4) is 0 Å². The van der Waals surface area contributed by atoms with E-state index < -0.39 is 21.6 Å². The van der Waals surface area contributed by atoms with Crippen molar-refractivity contribution < 1.29 is 12.8 Å². The molecular weight excluding hydrogens is 321 g/mol. The first kappa shape index (κ1) is 15.8. The zero-order valence-corrected chi connectivity index (χ0v) is 13.4. The number of hydrogen-bond acceptors (Lipinski definition) is 4. The summed E-state index contributed by atoms with van der Waals surface area (Å²) in [6, 6.07) is 5.81. The Morgan fingerprint density at radius 1 is 1.30 bits per heavy atom. The quantitative estimate of drug-likeness (QED) is 0.831. The first-order chi connectivity index (χ1) is 10.9. The van der Waals surface area contributed by atoms with Crippen LogP contribution in [0.5, 0.6) is 0 Å². The van der Waals surface area contributed by atoms with E-state index in [4.69, 9.17) is 0 Å². The summed E-state index contributed by atoms with van der Waals surface area (Å²) < 4.78 is 41.4. The van der Waals surface area contributed by atoms with Crippen molar-refractivity contribution in [1.82, 2.24) is 13.9 Å². The Labute approximate surface area is 133 Å². The summed E-state index contributed by atoms with van der Waals surface area (Å²) >= 11 is 0. The highest BCUT2D eigenvalue weighted by Crippen LogP contribution is 2.20. The molecule has 0 radical (unpaired) electrons. The lowest BCUT2D eigenvalue weighted by molar-refractivity contribution is 0.381. The Morgan fingerprint density at radius 3 is 2.78 bits per heavy atom. The van der Waals surface area contributed by atoms with Crippen LogP contribution < -0.4 is 5.56 Å². The number of aryl methyl sites for hydroxylation is 1. The number of sulfonamides is 1. The van der Waals surface area contributed by atoms with Gasteiger partial charge in [-0.25, -0.2) is 17.8 Å². The fraction of sp³-hybridized carbons (Fsp3) is 0.333. The van der Waals surface area contributed by atoms with Crippen LogP contribution in [0, 0.1) is 5.82 Å². The number of hydrogen-bond donors (Lipinski definition) is 0. The van der Waals surface area contributed by atoms with Gasteiger partial charge >= 0.3 is 0 Å². The molecular formula is C15H16FN3O3S. The molecule has 0 saturated carbocycles. The lowest BCUT2D eigenvalue weighted by Crippen LogP contribution is -2.40. The molecule has 0 spiro atoms. The van der Waals surface area contributed by atoms with Gasteiger partial charge in [-0.15, -0.1) is 0 Å². The van der Waals surface area contributed by atoms with Crippen molar-refractivity contribution in [3.05, 3.63) is 63.6 Å². The predicted octanol–water partition coefficient (Wildman–Crippen LogP) is 0.808. The maximum Gasteiger partial charge on any atom is 0.256 e. The maximum absolute atomic E-state index is 13.7. The smallest absolute Gasteiger partial charge is 0.256 e. The molecule has 0 amide bonds. The third kappa shape index (κ3) is 3.04. The molecule has 0 N–H and O–H groups in total. The summed E-state index contributed by atoms with van der Waals surface area (Å²) in [6.07, 6.45) is 1.69. The molecule has 2 aromatic rings. The van der Waals surface area contributed by atoms with E-state index in [1.807, 2.05) is 0 Å². The van der Waals surface area contributed by atoms with Crippen LogP contribution in [0.15, 0.2) is 35.4 Å². The summed E-state index contributed by atoms with van der Waals surface area (Å²) in [7, 11) is -2.07. The zero-order valence-electron chi connectivity index (χ0n) is 12.6. The van der Waals surface area contributed by atoms with Crippen molar-refractivity contribution in [3.63, 3.8) is 0 Å². The topological polar surface area (TPSA) is 72.3 Å². The Kier molecular flexibility index (Phi) is 4.03. The number of nitrogens with zero attached hydrogens (tertiary/aromatic N) is 3. The van der Waals surface area contributed by atoms with Crippen molar-refractivity contribution in [2.24, 2.45) is 7.05 Å². The van der Waals surface area contributed by atoms with Gasteiger partial charge in [0.05, 0.1) is 24.3 Å². The molecule has 2 heterocycles. The average Bonchev–Trinajstić information content (AvgIpc) is 2.53. The van der Waals surface area contributed by atoms with E-state index in [9.17, 15) is 17.6 Å². The summed E-state index contributed by atoms with van der Waals surface area (Å²) in [4.78, 5) is 16.2. The van der Waals surface area contributed by atoms with Crippen LogP contribution in [0.3, 0.4) is 0 Å². The molecule has 1 aromatic heterocycles. The van der Waals surface area contributed by atoms with Gasteiger partial charge in [0, 0.05) is 24.7 Å². The molecule has 0 atom stereocenters. The van der Waals surface area contributed by atoms with E-state index in [0.29, 0.717) is 17.7 Å². The number of aromatic nitrogens is 2. The van der Waals surface area contributed by atoms with Gasteiger partial charge < -0.3 is 4.57 Å². The standard InChI is InChI=1S/C15H16FN3O3S/c1-18-10-17-14-8-19(7-6-12(14)15(18)20)23(21,22)9-11-4-2-3-5-13(11)16/h2-5,10H,6-9H2,1H3.